The third kappa shape index (κ3) is 6.66. The molecule has 3 heterocycles. The van der Waals surface area contributed by atoms with Gasteiger partial charge in [0.15, 0.2) is 0 Å². The summed E-state index contributed by atoms with van der Waals surface area (Å²) in [5.41, 5.74) is 9.45. The lowest BCUT2D eigenvalue weighted by atomic mass is 9.76. The number of allylic oxidation sites excluding steroid dienone is 9. The zero-order chi connectivity index (χ0) is 27.2. The average Bonchev–Trinajstić information content (AvgIpc) is 3.34. The second kappa shape index (κ2) is 12.7. The Morgan fingerprint density at radius 1 is 1.33 bits per heavy atom. The smallest absolute Gasteiger partial charge is 0.313 e. The first-order valence-electron chi connectivity index (χ1n) is 14.7. The van der Waals surface area contributed by atoms with Crippen LogP contribution in [0, 0.1) is 23.7 Å². The van der Waals surface area contributed by atoms with Gasteiger partial charge in [-0.2, -0.15) is 0 Å². The molecule has 0 amide bonds. The fraction of sp³-hybridized carbons (Fsp3) is 0.471. The number of dihydropyridines is 2. The molecule has 0 aromatic heterocycles. The Hall–Kier alpha value is -3.27. The van der Waals surface area contributed by atoms with E-state index in [1.165, 1.54) is 16.8 Å². The van der Waals surface area contributed by atoms with E-state index >= 15 is 0 Å². The van der Waals surface area contributed by atoms with Crippen LogP contribution in [0.15, 0.2) is 101 Å². The number of carbonyl (C=O) groups is 1. The first-order valence-corrected chi connectivity index (χ1v) is 14.7. The van der Waals surface area contributed by atoms with Crippen molar-refractivity contribution in [2.24, 2.45) is 23.7 Å². The maximum Gasteiger partial charge on any atom is 0.313 e. The molecule has 0 saturated carbocycles. The summed E-state index contributed by atoms with van der Waals surface area (Å²) in [5.74, 6) is 0.710. The molecule has 1 saturated heterocycles. The van der Waals surface area contributed by atoms with Gasteiger partial charge in [0.2, 0.25) is 0 Å². The summed E-state index contributed by atoms with van der Waals surface area (Å²) < 4.78 is 5.83. The Bertz CT molecular complexity index is 1200. The Morgan fingerprint density at radius 2 is 2.23 bits per heavy atom. The van der Waals surface area contributed by atoms with E-state index in [0.717, 1.165) is 62.9 Å². The molecule has 2 aliphatic carbocycles. The van der Waals surface area contributed by atoms with Gasteiger partial charge in [0.25, 0.3) is 0 Å². The van der Waals surface area contributed by atoms with Crippen LogP contribution in [-0.2, 0) is 9.53 Å². The number of ether oxygens (including phenoxy) is 1. The molecule has 5 heteroatoms. The summed E-state index contributed by atoms with van der Waals surface area (Å²) in [4.78, 5) is 13.0. The molecule has 5 aliphatic rings. The SMILES string of the molecule is C=C1C=CC(C2=C(C3=CC=CC(C)N3)NC=CC2)C/C1=C/C(CC)C1CC=C=CC(C(=O)O[C@H]2CCNC2)C1. The summed E-state index contributed by atoms with van der Waals surface area (Å²) in [6.07, 6.45) is 27.3. The molecule has 3 N–H and O–H groups in total. The highest BCUT2D eigenvalue weighted by molar-refractivity contribution is 5.74. The lowest BCUT2D eigenvalue weighted by Gasteiger charge is -2.31. The van der Waals surface area contributed by atoms with Crippen LogP contribution in [0.3, 0.4) is 0 Å². The Labute approximate surface area is 233 Å². The number of hydrogen-bond acceptors (Lipinski definition) is 5. The predicted molar refractivity (Wildman–Crippen MR) is 158 cm³/mol. The molecule has 0 bridgehead atoms. The maximum atomic E-state index is 13.0. The summed E-state index contributed by atoms with van der Waals surface area (Å²) >= 11 is 0. The van der Waals surface area contributed by atoms with Gasteiger partial charge in [-0.05, 0) is 105 Å². The van der Waals surface area contributed by atoms with Crippen LogP contribution in [0.1, 0.15) is 52.4 Å². The fourth-order valence-corrected chi connectivity index (χ4v) is 6.35. The normalized spacial score (nSPS) is 32.1. The number of nitrogens with one attached hydrogen (secondary N) is 3. The van der Waals surface area contributed by atoms with Crippen molar-refractivity contribution in [2.45, 2.75) is 64.5 Å². The van der Waals surface area contributed by atoms with Gasteiger partial charge in [0.1, 0.15) is 6.10 Å². The number of esters is 1. The Balaban J connectivity index is 1.32. The van der Waals surface area contributed by atoms with E-state index in [0.29, 0.717) is 23.8 Å². The molecule has 206 valence electrons. The van der Waals surface area contributed by atoms with Crippen LogP contribution >= 0.6 is 0 Å². The predicted octanol–water partition coefficient (Wildman–Crippen LogP) is 5.91. The molecule has 1 fully saturated rings. The zero-order valence-electron chi connectivity index (χ0n) is 23.4. The molecule has 0 aromatic rings. The van der Waals surface area contributed by atoms with Crippen LogP contribution in [-0.4, -0.2) is 31.2 Å². The van der Waals surface area contributed by atoms with E-state index in [9.17, 15) is 4.79 Å². The van der Waals surface area contributed by atoms with Crippen LogP contribution in [0.2, 0.25) is 0 Å². The van der Waals surface area contributed by atoms with Crippen LogP contribution < -0.4 is 16.0 Å². The van der Waals surface area contributed by atoms with E-state index in [2.05, 4.69) is 96.9 Å². The van der Waals surface area contributed by atoms with E-state index < -0.39 is 0 Å². The average molecular weight is 526 g/mol. The molecular formula is C34H43N3O2. The van der Waals surface area contributed by atoms with Gasteiger partial charge < -0.3 is 20.7 Å². The number of rotatable bonds is 7. The van der Waals surface area contributed by atoms with E-state index in [-0.39, 0.29) is 18.0 Å². The first-order chi connectivity index (χ1) is 19.0. The van der Waals surface area contributed by atoms with E-state index in [4.69, 9.17) is 4.74 Å². The second-order valence-corrected chi connectivity index (χ2v) is 11.4. The van der Waals surface area contributed by atoms with Gasteiger partial charge in [-0.1, -0.05) is 50.0 Å². The van der Waals surface area contributed by atoms with Crippen molar-refractivity contribution in [3.05, 3.63) is 101 Å². The zero-order valence-corrected chi connectivity index (χ0v) is 23.4. The van der Waals surface area contributed by atoms with E-state index in [1.807, 2.05) is 6.08 Å². The van der Waals surface area contributed by atoms with Crippen molar-refractivity contribution in [2.75, 3.05) is 13.1 Å². The van der Waals surface area contributed by atoms with Gasteiger partial charge in [-0.3, -0.25) is 4.79 Å². The van der Waals surface area contributed by atoms with Crippen molar-refractivity contribution < 1.29 is 9.53 Å². The van der Waals surface area contributed by atoms with Gasteiger partial charge in [0, 0.05) is 18.5 Å². The molecule has 0 spiro atoms. The van der Waals surface area contributed by atoms with Crippen LogP contribution in [0.5, 0.6) is 0 Å². The minimum absolute atomic E-state index is 0.00270. The second-order valence-electron chi connectivity index (χ2n) is 11.4. The standard InChI is InChI=1S/C34H43N3O2/c1-4-25(26-10-5-6-11-28(20-26)34(38)39-30-16-18-35-22-30)19-29-21-27(15-14-23(29)2)31-12-8-17-36-33(31)32-13-7-9-24(3)37-32/h5,7-9,11,13-15,17,19,24-28,30,35-37H,2,4,10,12,16,18,20-22H2,1,3H3/b29-19-/t24?,25?,26?,27?,28?,30-/m0/s1. The number of hydrogen-bond donors (Lipinski definition) is 3. The molecule has 6 atom stereocenters. The highest BCUT2D eigenvalue weighted by atomic mass is 16.5. The van der Waals surface area contributed by atoms with Gasteiger partial charge >= 0.3 is 5.97 Å². The van der Waals surface area contributed by atoms with Gasteiger partial charge in [-0.25, -0.2) is 0 Å². The maximum absolute atomic E-state index is 13.0. The molecular weight excluding hydrogens is 482 g/mol. The first kappa shape index (κ1) is 27.3. The topological polar surface area (TPSA) is 62.4 Å². The van der Waals surface area contributed by atoms with Crippen LogP contribution in [0.25, 0.3) is 0 Å². The Morgan fingerprint density at radius 3 is 3.03 bits per heavy atom. The quantitative estimate of drug-likeness (QED) is 0.285. The molecule has 5 nitrogen and oxygen atoms in total. The summed E-state index contributed by atoms with van der Waals surface area (Å²) in [6.45, 7) is 10.5. The van der Waals surface area contributed by atoms with Crippen LogP contribution in [0.4, 0.5) is 0 Å². The molecule has 39 heavy (non-hydrogen) atoms. The fourth-order valence-electron chi connectivity index (χ4n) is 6.35. The highest BCUT2D eigenvalue weighted by Crippen LogP contribution is 2.39. The third-order valence-corrected chi connectivity index (χ3v) is 8.63. The van der Waals surface area contributed by atoms with Crippen molar-refractivity contribution in [3.63, 3.8) is 0 Å². The summed E-state index contributed by atoms with van der Waals surface area (Å²) in [6, 6.07) is 0.313. The Kier molecular flexibility index (Phi) is 8.91. The minimum Gasteiger partial charge on any atom is -0.461 e. The molecule has 0 aromatic carbocycles. The lowest BCUT2D eigenvalue weighted by Crippen LogP contribution is -2.31. The van der Waals surface area contributed by atoms with Crippen molar-refractivity contribution in [1.29, 1.82) is 0 Å². The molecule has 5 unspecified atom stereocenters. The summed E-state index contributed by atoms with van der Waals surface area (Å²) in [5, 5.41) is 10.4. The van der Waals surface area contributed by atoms with Crippen molar-refractivity contribution >= 4 is 5.97 Å². The van der Waals surface area contributed by atoms with Gasteiger partial charge in [0.05, 0.1) is 17.3 Å². The van der Waals surface area contributed by atoms with Crippen molar-refractivity contribution in [1.82, 2.24) is 16.0 Å². The number of carbonyl (C=O) groups excluding carboxylic acids is 1. The molecule has 0 radical (unpaired) electrons. The molecule has 5 rings (SSSR count). The largest absolute Gasteiger partial charge is 0.461 e. The van der Waals surface area contributed by atoms with Gasteiger partial charge in [-0.15, -0.1) is 5.73 Å². The lowest BCUT2D eigenvalue weighted by molar-refractivity contribution is -0.152. The van der Waals surface area contributed by atoms with Crippen molar-refractivity contribution in [3.8, 4) is 0 Å². The monoisotopic (exact) mass is 525 g/mol. The third-order valence-electron chi connectivity index (χ3n) is 8.63. The van der Waals surface area contributed by atoms with E-state index in [1.54, 1.807) is 0 Å². The highest BCUT2D eigenvalue weighted by Gasteiger charge is 2.31. The summed E-state index contributed by atoms with van der Waals surface area (Å²) in [7, 11) is 0. The molecule has 3 aliphatic heterocycles. The minimum atomic E-state index is -0.232.